The van der Waals surface area contributed by atoms with Crippen molar-refractivity contribution in [1.29, 1.82) is 0 Å². The van der Waals surface area contributed by atoms with E-state index >= 15 is 0 Å². The Morgan fingerprint density at radius 1 is 1.11 bits per heavy atom. The van der Waals surface area contributed by atoms with E-state index in [4.69, 9.17) is 27.6 Å². The van der Waals surface area contributed by atoms with Gasteiger partial charge in [-0.1, -0.05) is 35.3 Å². The van der Waals surface area contributed by atoms with Gasteiger partial charge in [-0.05, 0) is 42.5 Å². The van der Waals surface area contributed by atoms with Crippen LogP contribution in [0.1, 0.15) is 26.5 Å². The summed E-state index contributed by atoms with van der Waals surface area (Å²) in [4.78, 5) is 23.6. The summed E-state index contributed by atoms with van der Waals surface area (Å²) in [6.45, 7) is 0. The Hall–Kier alpha value is -3.09. The number of amides is 1. The molecule has 0 aliphatic heterocycles. The highest BCUT2D eigenvalue weighted by Crippen LogP contribution is 2.27. The zero-order valence-corrected chi connectivity index (χ0v) is 16.1. The van der Waals surface area contributed by atoms with Crippen molar-refractivity contribution < 1.29 is 18.7 Å². The fraction of sp³-hybridized carbons (Fsp3) is 0.0500. The van der Waals surface area contributed by atoms with Crippen LogP contribution in [0.4, 0.5) is 0 Å². The summed E-state index contributed by atoms with van der Waals surface area (Å²) in [7, 11) is 1.29. The van der Waals surface area contributed by atoms with Crippen molar-refractivity contribution in [3.63, 3.8) is 0 Å². The second kappa shape index (κ2) is 8.73. The molecule has 0 bridgehead atoms. The lowest BCUT2D eigenvalue weighted by Crippen LogP contribution is -2.17. The zero-order chi connectivity index (χ0) is 20.1. The predicted octanol–water partition coefficient (Wildman–Crippen LogP) is 4.80. The van der Waals surface area contributed by atoms with Crippen LogP contribution in [0.2, 0.25) is 10.0 Å². The number of hydrogen-bond acceptors (Lipinski definition) is 5. The third-order valence-electron chi connectivity index (χ3n) is 3.73. The molecule has 0 spiro atoms. The minimum atomic E-state index is -0.515. The van der Waals surface area contributed by atoms with Crippen molar-refractivity contribution in [2.45, 2.75) is 0 Å². The van der Waals surface area contributed by atoms with E-state index in [9.17, 15) is 9.59 Å². The lowest BCUT2D eigenvalue weighted by atomic mass is 10.1. The fourth-order valence-electron chi connectivity index (χ4n) is 2.37. The van der Waals surface area contributed by atoms with Crippen LogP contribution in [0.5, 0.6) is 0 Å². The van der Waals surface area contributed by atoms with Crippen molar-refractivity contribution in [2.75, 3.05) is 7.11 Å². The quantitative estimate of drug-likeness (QED) is 0.367. The van der Waals surface area contributed by atoms with Crippen LogP contribution >= 0.6 is 23.2 Å². The number of halogens is 2. The summed E-state index contributed by atoms with van der Waals surface area (Å²) < 4.78 is 10.3. The number of rotatable bonds is 5. The van der Waals surface area contributed by atoms with Crippen molar-refractivity contribution in [2.24, 2.45) is 5.10 Å². The molecule has 1 amide bonds. The molecule has 1 N–H and O–H groups in total. The largest absolute Gasteiger partial charge is 0.465 e. The summed E-state index contributed by atoms with van der Waals surface area (Å²) in [6.07, 6.45) is 1.37. The molecule has 8 heteroatoms. The molecule has 0 saturated heterocycles. The maximum atomic E-state index is 12.0. The molecule has 28 heavy (non-hydrogen) atoms. The van der Waals surface area contributed by atoms with E-state index in [0.717, 1.165) is 0 Å². The van der Waals surface area contributed by atoms with Gasteiger partial charge in [-0.3, -0.25) is 4.79 Å². The highest BCUT2D eigenvalue weighted by Gasteiger charge is 2.13. The third-order valence-corrected chi connectivity index (χ3v) is 4.28. The Morgan fingerprint density at radius 3 is 2.64 bits per heavy atom. The topological polar surface area (TPSA) is 80.9 Å². The van der Waals surface area contributed by atoms with E-state index in [1.165, 1.54) is 13.3 Å². The molecule has 1 heterocycles. The van der Waals surface area contributed by atoms with Gasteiger partial charge in [0.2, 0.25) is 0 Å². The number of methoxy groups -OCH3 is 1. The number of benzene rings is 2. The van der Waals surface area contributed by atoms with E-state index < -0.39 is 11.9 Å². The summed E-state index contributed by atoms with van der Waals surface area (Å²) in [5, 5.41) is 4.59. The Kier molecular flexibility index (Phi) is 6.13. The number of carbonyl (C=O) groups is 2. The monoisotopic (exact) mass is 416 g/mol. The standard InChI is InChI=1S/C20H14Cl2N2O4/c1-27-20(26)16-7-5-12(10-17(16)22)18-8-6-15(28-18)11-23-24-19(25)13-3-2-4-14(21)9-13/h2-11H,1H3,(H,24,25)/b23-11-. The number of ether oxygens (including phenoxy) is 1. The van der Waals surface area contributed by atoms with Gasteiger partial charge in [0, 0.05) is 16.1 Å². The first-order chi connectivity index (χ1) is 13.5. The summed E-state index contributed by atoms with van der Waals surface area (Å²) >= 11 is 12.0. The van der Waals surface area contributed by atoms with Gasteiger partial charge in [-0.25, -0.2) is 10.2 Å². The lowest BCUT2D eigenvalue weighted by molar-refractivity contribution is 0.0600. The van der Waals surface area contributed by atoms with Crippen molar-refractivity contribution in [3.8, 4) is 11.3 Å². The predicted molar refractivity (Wildman–Crippen MR) is 107 cm³/mol. The Labute approximate surface area is 170 Å². The molecule has 0 aliphatic carbocycles. The minimum absolute atomic E-state index is 0.254. The first-order valence-corrected chi connectivity index (χ1v) is 8.80. The maximum Gasteiger partial charge on any atom is 0.339 e. The normalized spacial score (nSPS) is 10.8. The van der Waals surface area contributed by atoms with Crippen LogP contribution in [0.15, 0.2) is 64.1 Å². The van der Waals surface area contributed by atoms with Gasteiger partial charge in [0.15, 0.2) is 0 Å². The zero-order valence-electron chi connectivity index (χ0n) is 14.6. The highest BCUT2D eigenvalue weighted by atomic mass is 35.5. The summed E-state index contributed by atoms with van der Waals surface area (Å²) in [5.41, 5.74) is 3.74. The molecular weight excluding hydrogens is 403 g/mol. The van der Waals surface area contributed by atoms with Crippen LogP contribution < -0.4 is 5.43 Å². The molecule has 0 saturated carbocycles. The van der Waals surface area contributed by atoms with Gasteiger partial charge < -0.3 is 9.15 Å². The van der Waals surface area contributed by atoms with Crippen LogP contribution in [0.3, 0.4) is 0 Å². The second-order valence-electron chi connectivity index (χ2n) is 5.60. The Morgan fingerprint density at radius 2 is 1.93 bits per heavy atom. The maximum absolute atomic E-state index is 12.0. The van der Waals surface area contributed by atoms with E-state index in [0.29, 0.717) is 27.7 Å². The van der Waals surface area contributed by atoms with Crippen molar-refractivity contribution >= 4 is 41.3 Å². The average molecular weight is 417 g/mol. The fourth-order valence-corrected chi connectivity index (χ4v) is 2.82. The van der Waals surface area contributed by atoms with E-state index in [1.54, 1.807) is 54.6 Å². The number of nitrogens with one attached hydrogen (secondary N) is 1. The minimum Gasteiger partial charge on any atom is -0.465 e. The molecule has 6 nitrogen and oxygen atoms in total. The molecule has 142 valence electrons. The molecule has 0 fully saturated rings. The Balaban J connectivity index is 1.69. The van der Waals surface area contributed by atoms with E-state index in [2.05, 4.69) is 15.3 Å². The number of hydrogen-bond donors (Lipinski definition) is 1. The number of furan rings is 1. The summed E-state index contributed by atoms with van der Waals surface area (Å²) in [5.74, 6) is 0.0467. The number of carbonyl (C=O) groups excluding carboxylic acids is 2. The van der Waals surface area contributed by atoms with Crippen molar-refractivity contribution in [1.82, 2.24) is 5.43 Å². The summed E-state index contributed by atoms with van der Waals surface area (Å²) in [6, 6.07) is 14.8. The van der Waals surface area contributed by atoms with E-state index in [1.807, 2.05) is 0 Å². The SMILES string of the molecule is COC(=O)c1ccc(-c2ccc(/C=N\NC(=O)c3cccc(Cl)c3)o2)cc1Cl. The smallest absolute Gasteiger partial charge is 0.339 e. The van der Waals surface area contributed by atoms with Crippen LogP contribution in [0, 0.1) is 0 Å². The molecule has 0 radical (unpaired) electrons. The van der Waals surface area contributed by atoms with Gasteiger partial charge in [-0.15, -0.1) is 0 Å². The second-order valence-corrected chi connectivity index (χ2v) is 6.44. The molecule has 3 aromatic rings. The highest BCUT2D eigenvalue weighted by molar-refractivity contribution is 6.33. The molecule has 0 aliphatic rings. The van der Waals surface area contributed by atoms with Gasteiger partial charge in [-0.2, -0.15) is 5.10 Å². The Bertz CT molecular complexity index is 1060. The number of nitrogens with zero attached hydrogens (tertiary/aromatic N) is 1. The molecular formula is C20H14Cl2N2O4. The number of esters is 1. The van der Waals surface area contributed by atoms with Gasteiger partial charge in [0.05, 0.1) is 23.9 Å². The van der Waals surface area contributed by atoms with Gasteiger partial charge >= 0.3 is 5.97 Å². The van der Waals surface area contributed by atoms with Crippen LogP contribution in [-0.4, -0.2) is 25.2 Å². The molecule has 1 aromatic heterocycles. The van der Waals surface area contributed by atoms with E-state index in [-0.39, 0.29) is 10.6 Å². The first-order valence-electron chi connectivity index (χ1n) is 8.05. The average Bonchev–Trinajstić information content (AvgIpc) is 3.16. The lowest BCUT2D eigenvalue weighted by Gasteiger charge is -2.04. The molecule has 2 aromatic carbocycles. The molecule has 0 atom stereocenters. The van der Waals surface area contributed by atoms with Gasteiger partial charge in [0.1, 0.15) is 11.5 Å². The van der Waals surface area contributed by atoms with Gasteiger partial charge in [0.25, 0.3) is 5.91 Å². The van der Waals surface area contributed by atoms with Crippen LogP contribution in [-0.2, 0) is 4.74 Å². The molecule has 3 rings (SSSR count). The third kappa shape index (κ3) is 4.60. The number of hydrazone groups is 1. The van der Waals surface area contributed by atoms with Crippen molar-refractivity contribution in [3.05, 3.63) is 81.5 Å². The molecule has 0 unspecified atom stereocenters. The van der Waals surface area contributed by atoms with Crippen LogP contribution in [0.25, 0.3) is 11.3 Å². The first kappa shape index (κ1) is 19.7.